The number of thiazole rings is 1. The van der Waals surface area contributed by atoms with Crippen molar-refractivity contribution in [3.63, 3.8) is 0 Å². The van der Waals surface area contributed by atoms with Crippen LogP contribution in [0.1, 0.15) is 35.6 Å². The lowest BCUT2D eigenvalue weighted by atomic mass is 10.2. The van der Waals surface area contributed by atoms with E-state index in [2.05, 4.69) is 40.8 Å². The first kappa shape index (κ1) is 15.9. The molecule has 1 atom stereocenters. The molecule has 0 aliphatic carbocycles. The Morgan fingerprint density at radius 1 is 1.58 bits per heavy atom. The summed E-state index contributed by atoms with van der Waals surface area (Å²) in [7, 11) is 3.48. The van der Waals surface area contributed by atoms with E-state index in [1.807, 2.05) is 6.92 Å². The fourth-order valence-corrected chi connectivity index (χ4v) is 2.46. The molecule has 5 nitrogen and oxygen atoms in total. The molecule has 0 spiro atoms. The lowest BCUT2D eigenvalue weighted by Gasteiger charge is -2.23. The van der Waals surface area contributed by atoms with E-state index in [0.717, 1.165) is 29.5 Å². The minimum Gasteiger partial charge on any atom is -0.464 e. The molecule has 108 valence electrons. The minimum absolute atomic E-state index is 0.376. The third kappa shape index (κ3) is 4.47. The lowest BCUT2D eigenvalue weighted by molar-refractivity contribution is 0.0594. The van der Waals surface area contributed by atoms with E-state index in [1.165, 1.54) is 18.4 Å². The minimum atomic E-state index is -0.376. The number of rotatable bonds is 7. The molecule has 0 bridgehead atoms. The zero-order valence-corrected chi connectivity index (χ0v) is 13.1. The van der Waals surface area contributed by atoms with Gasteiger partial charge in [-0.25, -0.2) is 9.78 Å². The SMILES string of the molecule is CCC(C)N(C)CCNc1nc(C(=O)OC)c(C)s1. The Bertz CT molecular complexity index is 420. The molecule has 6 heteroatoms. The van der Waals surface area contributed by atoms with Crippen LogP contribution in [0.3, 0.4) is 0 Å². The summed E-state index contributed by atoms with van der Waals surface area (Å²) in [6.07, 6.45) is 1.14. The van der Waals surface area contributed by atoms with Crippen molar-refractivity contribution < 1.29 is 9.53 Å². The maximum absolute atomic E-state index is 11.4. The maximum atomic E-state index is 11.4. The molecule has 1 aromatic heterocycles. The first-order valence-electron chi connectivity index (χ1n) is 6.49. The van der Waals surface area contributed by atoms with Gasteiger partial charge in [0.1, 0.15) is 0 Å². The number of likely N-dealkylation sites (N-methyl/N-ethyl adjacent to an activating group) is 1. The largest absolute Gasteiger partial charge is 0.464 e. The van der Waals surface area contributed by atoms with E-state index in [4.69, 9.17) is 0 Å². The Labute approximate surface area is 119 Å². The molecule has 0 saturated heterocycles. The molecule has 0 radical (unpaired) electrons. The molecule has 1 heterocycles. The summed E-state index contributed by atoms with van der Waals surface area (Å²) >= 11 is 1.48. The average Bonchev–Trinajstić information content (AvgIpc) is 2.77. The van der Waals surface area contributed by atoms with E-state index < -0.39 is 0 Å². The number of methoxy groups -OCH3 is 1. The van der Waals surface area contributed by atoms with E-state index in [9.17, 15) is 4.79 Å². The van der Waals surface area contributed by atoms with Crippen molar-refractivity contribution in [1.29, 1.82) is 0 Å². The number of nitrogens with zero attached hydrogens (tertiary/aromatic N) is 2. The van der Waals surface area contributed by atoms with Gasteiger partial charge in [-0.3, -0.25) is 0 Å². The van der Waals surface area contributed by atoms with Gasteiger partial charge < -0.3 is 15.0 Å². The summed E-state index contributed by atoms with van der Waals surface area (Å²) < 4.78 is 4.69. The number of hydrogen-bond acceptors (Lipinski definition) is 6. The second-order valence-corrected chi connectivity index (χ2v) is 5.78. The third-order valence-corrected chi connectivity index (χ3v) is 4.19. The lowest BCUT2D eigenvalue weighted by Crippen LogP contribution is -2.32. The number of aromatic nitrogens is 1. The zero-order chi connectivity index (χ0) is 14.4. The predicted molar refractivity (Wildman–Crippen MR) is 79.1 cm³/mol. The number of hydrogen-bond donors (Lipinski definition) is 1. The van der Waals surface area contributed by atoms with Crippen molar-refractivity contribution in [3.8, 4) is 0 Å². The number of anilines is 1. The third-order valence-electron chi connectivity index (χ3n) is 3.26. The number of carbonyl (C=O) groups excluding carboxylic acids is 1. The molecule has 0 aliphatic heterocycles. The number of nitrogens with one attached hydrogen (secondary N) is 1. The summed E-state index contributed by atoms with van der Waals surface area (Å²) in [5.41, 5.74) is 0.408. The van der Waals surface area contributed by atoms with Gasteiger partial charge in [0.25, 0.3) is 0 Å². The first-order chi connectivity index (χ1) is 8.99. The summed E-state index contributed by atoms with van der Waals surface area (Å²) in [5.74, 6) is -0.376. The van der Waals surface area contributed by atoms with Crippen molar-refractivity contribution in [3.05, 3.63) is 10.6 Å². The quantitative estimate of drug-likeness (QED) is 0.780. The Morgan fingerprint density at radius 2 is 2.26 bits per heavy atom. The van der Waals surface area contributed by atoms with Crippen LogP contribution < -0.4 is 5.32 Å². The van der Waals surface area contributed by atoms with Crippen LogP contribution in [0.5, 0.6) is 0 Å². The van der Waals surface area contributed by atoms with Gasteiger partial charge in [0, 0.05) is 24.0 Å². The standard InChI is InChI=1S/C13H23N3O2S/c1-6-9(2)16(4)8-7-14-13-15-11(10(3)19-13)12(17)18-5/h9H,6-8H2,1-5H3,(H,14,15). The number of carbonyl (C=O) groups is 1. The van der Waals surface area contributed by atoms with Gasteiger partial charge in [0.05, 0.1) is 7.11 Å². The van der Waals surface area contributed by atoms with Gasteiger partial charge in [-0.15, -0.1) is 11.3 Å². The van der Waals surface area contributed by atoms with Crippen LogP contribution in [-0.4, -0.2) is 49.1 Å². The van der Waals surface area contributed by atoms with E-state index in [-0.39, 0.29) is 5.97 Å². The fourth-order valence-electron chi connectivity index (χ4n) is 1.63. The van der Waals surface area contributed by atoms with Gasteiger partial charge in [-0.1, -0.05) is 6.92 Å². The van der Waals surface area contributed by atoms with Gasteiger partial charge in [0.2, 0.25) is 0 Å². The normalized spacial score (nSPS) is 12.5. The summed E-state index contributed by atoms with van der Waals surface area (Å²) in [6.45, 7) is 8.03. The Morgan fingerprint density at radius 3 is 2.84 bits per heavy atom. The van der Waals surface area contributed by atoms with Gasteiger partial charge in [-0.05, 0) is 27.3 Å². The molecule has 1 aromatic rings. The Hall–Kier alpha value is -1.14. The molecular formula is C13H23N3O2S. The van der Waals surface area contributed by atoms with E-state index >= 15 is 0 Å². The van der Waals surface area contributed by atoms with Crippen molar-refractivity contribution in [1.82, 2.24) is 9.88 Å². The van der Waals surface area contributed by atoms with Gasteiger partial charge >= 0.3 is 5.97 Å². The van der Waals surface area contributed by atoms with Crippen molar-refractivity contribution >= 4 is 22.4 Å². The highest BCUT2D eigenvalue weighted by atomic mass is 32.1. The predicted octanol–water partition coefficient (Wildman–Crippen LogP) is 2.38. The first-order valence-corrected chi connectivity index (χ1v) is 7.31. The molecule has 1 rings (SSSR count). The highest BCUT2D eigenvalue weighted by molar-refractivity contribution is 7.15. The molecule has 1 unspecified atom stereocenters. The molecule has 0 saturated carbocycles. The summed E-state index contributed by atoms with van der Waals surface area (Å²) in [5, 5.41) is 4.03. The highest BCUT2D eigenvalue weighted by Crippen LogP contribution is 2.22. The van der Waals surface area contributed by atoms with Crippen LogP contribution in [0.4, 0.5) is 5.13 Å². The van der Waals surface area contributed by atoms with Crippen molar-refractivity contribution in [2.75, 3.05) is 32.6 Å². The molecule has 19 heavy (non-hydrogen) atoms. The second-order valence-electron chi connectivity index (χ2n) is 4.58. The number of esters is 1. The molecule has 0 fully saturated rings. The maximum Gasteiger partial charge on any atom is 0.357 e. The van der Waals surface area contributed by atoms with Crippen molar-refractivity contribution in [2.45, 2.75) is 33.2 Å². The van der Waals surface area contributed by atoms with Crippen LogP contribution in [-0.2, 0) is 4.74 Å². The zero-order valence-electron chi connectivity index (χ0n) is 12.3. The summed E-state index contributed by atoms with van der Waals surface area (Å²) in [4.78, 5) is 18.9. The fraction of sp³-hybridized carbons (Fsp3) is 0.692. The van der Waals surface area contributed by atoms with Gasteiger partial charge in [0.15, 0.2) is 10.8 Å². The smallest absolute Gasteiger partial charge is 0.357 e. The van der Waals surface area contributed by atoms with Gasteiger partial charge in [-0.2, -0.15) is 0 Å². The van der Waals surface area contributed by atoms with Crippen LogP contribution in [0.15, 0.2) is 0 Å². The number of aryl methyl sites for hydroxylation is 1. The van der Waals surface area contributed by atoms with Crippen molar-refractivity contribution in [2.24, 2.45) is 0 Å². The molecular weight excluding hydrogens is 262 g/mol. The molecule has 0 amide bonds. The topological polar surface area (TPSA) is 54.5 Å². The second kappa shape index (κ2) is 7.45. The van der Waals surface area contributed by atoms with Crippen LogP contribution >= 0.6 is 11.3 Å². The highest BCUT2D eigenvalue weighted by Gasteiger charge is 2.15. The molecule has 0 aliphatic rings. The van der Waals surface area contributed by atoms with Crippen LogP contribution in [0.25, 0.3) is 0 Å². The van der Waals surface area contributed by atoms with E-state index in [1.54, 1.807) is 0 Å². The summed E-state index contributed by atoms with van der Waals surface area (Å²) in [6, 6.07) is 0.575. The van der Waals surface area contributed by atoms with Crippen LogP contribution in [0.2, 0.25) is 0 Å². The Balaban J connectivity index is 2.48. The average molecular weight is 285 g/mol. The van der Waals surface area contributed by atoms with Crippen LogP contribution in [0, 0.1) is 6.92 Å². The number of ether oxygens (including phenoxy) is 1. The van der Waals surface area contributed by atoms with E-state index in [0.29, 0.717) is 11.7 Å². The molecule has 0 aromatic carbocycles. The molecule has 1 N–H and O–H groups in total. The Kier molecular flexibility index (Phi) is 6.24. The monoisotopic (exact) mass is 285 g/mol.